The average molecular weight is 411 g/mol. The third-order valence-electron chi connectivity index (χ3n) is 4.56. The molecule has 1 atom stereocenters. The lowest BCUT2D eigenvalue weighted by molar-refractivity contribution is 0.101. The molecule has 1 fully saturated rings. The van der Waals surface area contributed by atoms with Crippen LogP contribution in [0, 0.1) is 0 Å². The van der Waals surface area contributed by atoms with Crippen LogP contribution >= 0.6 is 12.4 Å². The van der Waals surface area contributed by atoms with Crippen molar-refractivity contribution in [3.8, 4) is 5.75 Å². The highest BCUT2D eigenvalue weighted by Crippen LogP contribution is 2.33. The Morgan fingerprint density at radius 2 is 1.81 bits per heavy atom. The number of carbonyl (C=O) groups is 1. The van der Waals surface area contributed by atoms with Crippen LogP contribution in [0.4, 0.5) is 0 Å². The maximum Gasteiger partial charge on any atom is 0.243 e. The molecule has 1 aliphatic rings. The zero-order valence-electron chi connectivity index (χ0n) is 15.2. The molecule has 1 saturated heterocycles. The topological polar surface area (TPSA) is 75.7 Å². The molecule has 0 aliphatic carbocycles. The van der Waals surface area contributed by atoms with Crippen molar-refractivity contribution in [1.29, 1.82) is 0 Å². The first kappa shape index (κ1) is 21.4. The molecule has 1 aliphatic heterocycles. The molecule has 0 radical (unpaired) electrons. The van der Waals surface area contributed by atoms with Gasteiger partial charge in [-0.25, -0.2) is 8.42 Å². The van der Waals surface area contributed by atoms with Crippen molar-refractivity contribution in [2.24, 2.45) is 0 Å². The molecule has 0 amide bonds. The minimum absolute atomic E-state index is 0. The van der Waals surface area contributed by atoms with Crippen LogP contribution in [0.5, 0.6) is 5.75 Å². The third kappa shape index (κ3) is 4.32. The van der Waals surface area contributed by atoms with E-state index in [1.165, 1.54) is 23.4 Å². The summed E-state index contributed by atoms with van der Waals surface area (Å²) >= 11 is 0. The number of benzene rings is 2. The second-order valence-corrected chi connectivity index (χ2v) is 8.05. The molecule has 0 spiro atoms. The van der Waals surface area contributed by atoms with Gasteiger partial charge >= 0.3 is 0 Å². The maximum atomic E-state index is 13.2. The van der Waals surface area contributed by atoms with Crippen molar-refractivity contribution in [3.63, 3.8) is 0 Å². The number of Topliss-reactive ketones (excluding diaryl/α,β-unsaturated/α-hetero) is 1. The summed E-state index contributed by atoms with van der Waals surface area (Å²) in [4.78, 5) is 11.6. The molecular formula is C19H23ClN2O4S. The Balaban J connectivity index is 0.00000261. The van der Waals surface area contributed by atoms with Crippen molar-refractivity contribution < 1.29 is 17.9 Å². The molecule has 8 heteroatoms. The number of carbonyl (C=O) groups excluding carboxylic acids is 1. The van der Waals surface area contributed by atoms with Gasteiger partial charge in [-0.05, 0) is 25.1 Å². The molecule has 2 aromatic rings. The number of para-hydroxylation sites is 1. The fourth-order valence-electron chi connectivity index (χ4n) is 3.18. The van der Waals surface area contributed by atoms with Crippen molar-refractivity contribution in [3.05, 3.63) is 59.7 Å². The van der Waals surface area contributed by atoms with Crippen molar-refractivity contribution in [1.82, 2.24) is 9.62 Å². The number of sulfonamides is 1. The number of rotatable bonds is 5. The summed E-state index contributed by atoms with van der Waals surface area (Å²) in [5.41, 5.74) is 1.32. The average Bonchev–Trinajstić information content (AvgIpc) is 2.68. The molecule has 27 heavy (non-hydrogen) atoms. The summed E-state index contributed by atoms with van der Waals surface area (Å²) in [5, 5.41) is 3.26. The lowest BCUT2D eigenvalue weighted by Crippen LogP contribution is -2.48. The molecule has 1 N–H and O–H groups in total. The van der Waals surface area contributed by atoms with Crippen LogP contribution in [0.15, 0.2) is 53.4 Å². The number of hydrogen-bond acceptors (Lipinski definition) is 5. The Morgan fingerprint density at radius 3 is 2.44 bits per heavy atom. The van der Waals surface area contributed by atoms with E-state index in [4.69, 9.17) is 4.74 Å². The lowest BCUT2D eigenvalue weighted by atomic mass is 10.0. The molecule has 0 aromatic heterocycles. The van der Waals surface area contributed by atoms with E-state index >= 15 is 0 Å². The van der Waals surface area contributed by atoms with Gasteiger partial charge < -0.3 is 10.1 Å². The minimum Gasteiger partial charge on any atom is -0.496 e. The van der Waals surface area contributed by atoms with Crippen LogP contribution in [0.2, 0.25) is 0 Å². The van der Waals surface area contributed by atoms with Crippen LogP contribution < -0.4 is 10.1 Å². The summed E-state index contributed by atoms with van der Waals surface area (Å²) < 4.78 is 33.4. The Hall–Kier alpha value is -1.93. The SMILES string of the molecule is COc1ccccc1C1CNCCN1S(=O)(=O)c1ccc(C(C)=O)cc1.Cl. The Kier molecular flexibility index (Phi) is 7.00. The fraction of sp³-hybridized carbons (Fsp3) is 0.316. The van der Waals surface area contributed by atoms with E-state index in [-0.39, 0.29) is 29.1 Å². The zero-order valence-corrected chi connectivity index (χ0v) is 16.8. The number of ether oxygens (including phenoxy) is 1. The number of hydrogen-bond donors (Lipinski definition) is 1. The first-order valence-corrected chi connectivity index (χ1v) is 9.85. The van der Waals surface area contributed by atoms with Gasteiger partial charge in [-0.2, -0.15) is 4.31 Å². The van der Waals surface area contributed by atoms with Gasteiger partial charge in [0.15, 0.2) is 5.78 Å². The van der Waals surface area contributed by atoms with Crippen LogP contribution in [0.1, 0.15) is 28.9 Å². The molecule has 146 valence electrons. The molecule has 3 rings (SSSR count). The number of nitrogens with zero attached hydrogens (tertiary/aromatic N) is 1. The number of piperazine rings is 1. The predicted molar refractivity (Wildman–Crippen MR) is 106 cm³/mol. The summed E-state index contributed by atoms with van der Waals surface area (Å²) in [7, 11) is -2.12. The Morgan fingerprint density at radius 1 is 1.15 bits per heavy atom. The quantitative estimate of drug-likeness (QED) is 0.767. The van der Waals surface area contributed by atoms with Gasteiger partial charge in [0.25, 0.3) is 0 Å². The molecule has 1 unspecified atom stereocenters. The van der Waals surface area contributed by atoms with Crippen molar-refractivity contribution in [2.75, 3.05) is 26.7 Å². The van der Waals surface area contributed by atoms with Crippen molar-refractivity contribution in [2.45, 2.75) is 17.9 Å². The van der Waals surface area contributed by atoms with Gasteiger partial charge in [-0.1, -0.05) is 30.3 Å². The van der Waals surface area contributed by atoms with Gasteiger partial charge in [-0.3, -0.25) is 4.79 Å². The number of methoxy groups -OCH3 is 1. The van der Waals surface area contributed by atoms with Crippen LogP contribution in [-0.2, 0) is 10.0 Å². The van der Waals surface area contributed by atoms with E-state index in [0.29, 0.717) is 30.9 Å². The van der Waals surface area contributed by atoms with E-state index in [1.807, 2.05) is 24.3 Å². The van der Waals surface area contributed by atoms with E-state index in [0.717, 1.165) is 5.56 Å². The summed E-state index contributed by atoms with van der Waals surface area (Å²) in [6, 6.07) is 13.2. The van der Waals surface area contributed by atoms with Gasteiger partial charge in [0.1, 0.15) is 5.75 Å². The van der Waals surface area contributed by atoms with Crippen molar-refractivity contribution >= 4 is 28.2 Å². The molecule has 0 bridgehead atoms. The molecular weight excluding hydrogens is 388 g/mol. The normalized spacial score (nSPS) is 17.8. The van der Waals surface area contributed by atoms with Crippen LogP contribution in [0.3, 0.4) is 0 Å². The predicted octanol–water partition coefficient (Wildman–Crippen LogP) is 2.65. The molecule has 1 heterocycles. The molecule has 6 nitrogen and oxygen atoms in total. The van der Waals surface area contributed by atoms with Crippen LogP contribution in [-0.4, -0.2) is 45.3 Å². The molecule has 2 aromatic carbocycles. The minimum atomic E-state index is -3.70. The third-order valence-corrected chi connectivity index (χ3v) is 6.48. The Bertz CT molecular complexity index is 900. The first-order chi connectivity index (χ1) is 12.4. The van der Waals surface area contributed by atoms with E-state index in [9.17, 15) is 13.2 Å². The van der Waals surface area contributed by atoms with Gasteiger partial charge in [0, 0.05) is 30.8 Å². The summed E-state index contributed by atoms with van der Waals surface area (Å²) in [6.07, 6.45) is 0. The second kappa shape index (κ2) is 8.84. The standard InChI is InChI=1S/C19H22N2O4S.ClH/c1-14(22)15-7-9-16(10-8-15)26(23,24)21-12-11-20-13-18(21)17-5-3-4-6-19(17)25-2;/h3-10,18,20H,11-13H2,1-2H3;1H. The van der Waals surface area contributed by atoms with Gasteiger partial charge in [-0.15, -0.1) is 12.4 Å². The highest BCUT2D eigenvalue weighted by molar-refractivity contribution is 7.89. The largest absolute Gasteiger partial charge is 0.496 e. The van der Waals surface area contributed by atoms with E-state index in [1.54, 1.807) is 19.2 Å². The second-order valence-electron chi connectivity index (χ2n) is 6.16. The highest BCUT2D eigenvalue weighted by Gasteiger charge is 2.35. The maximum absolute atomic E-state index is 13.2. The van der Waals surface area contributed by atoms with Gasteiger partial charge in [0.05, 0.1) is 18.0 Å². The first-order valence-electron chi connectivity index (χ1n) is 8.41. The smallest absolute Gasteiger partial charge is 0.243 e. The van der Waals surface area contributed by atoms with E-state index < -0.39 is 10.0 Å². The summed E-state index contributed by atoms with van der Waals surface area (Å²) in [6.45, 7) is 2.90. The Labute approximate surface area is 166 Å². The fourth-order valence-corrected chi connectivity index (χ4v) is 4.78. The van der Waals surface area contributed by atoms with E-state index in [2.05, 4.69) is 5.32 Å². The summed E-state index contributed by atoms with van der Waals surface area (Å²) in [5.74, 6) is 0.566. The van der Waals surface area contributed by atoms with Crippen LogP contribution in [0.25, 0.3) is 0 Å². The highest BCUT2D eigenvalue weighted by atomic mass is 35.5. The molecule has 0 saturated carbocycles. The number of ketones is 1. The number of halogens is 1. The van der Waals surface area contributed by atoms with Gasteiger partial charge in [0.2, 0.25) is 10.0 Å². The number of nitrogens with one attached hydrogen (secondary N) is 1. The lowest BCUT2D eigenvalue weighted by Gasteiger charge is -2.36. The zero-order chi connectivity index (χ0) is 18.7. The monoisotopic (exact) mass is 410 g/mol.